The molecule has 1 fully saturated rings. The molecule has 0 aliphatic carbocycles. The van der Waals surface area contributed by atoms with Gasteiger partial charge in [0.2, 0.25) is 5.91 Å². The third kappa shape index (κ3) is 3.94. The molecular weight excluding hydrogens is 259 g/mol. The second-order valence-electron chi connectivity index (χ2n) is 4.65. The van der Waals surface area contributed by atoms with E-state index in [0.717, 1.165) is 31.9 Å². The first kappa shape index (κ1) is 14.3. The van der Waals surface area contributed by atoms with Crippen LogP contribution < -0.4 is 10.6 Å². The number of anilines is 1. The molecule has 1 aliphatic rings. The zero-order valence-electron chi connectivity index (χ0n) is 11.5. The van der Waals surface area contributed by atoms with E-state index in [-0.39, 0.29) is 18.3 Å². The fourth-order valence-corrected chi connectivity index (χ4v) is 2.19. The third-order valence-corrected chi connectivity index (χ3v) is 3.13. The van der Waals surface area contributed by atoms with Crippen molar-refractivity contribution in [3.63, 3.8) is 0 Å². The van der Waals surface area contributed by atoms with E-state index in [9.17, 15) is 9.18 Å². The summed E-state index contributed by atoms with van der Waals surface area (Å²) in [4.78, 5) is 18.1. The minimum atomic E-state index is -0.372. The number of hydrogen-bond donors (Lipinski definition) is 2. The van der Waals surface area contributed by atoms with Crippen LogP contribution in [0.15, 0.2) is 29.3 Å². The first-order chi connectivity index (χ1) is 9.69. The van der Waals surface area contributed by atoms with E-state index in [4.69, 9.17) is 0 Å². The summed E-state index contributed by atoms with van der Waals surface area (Å²) in [5, 5.41) is 5.65. The number of amides is 1. The minimum Gasteiger partial charge on any atom is -0.347 e. The average Bonchev–Trinajstić information content (AvgIpc) is 2.93. The highest BCUT2D eigenvalue weighted by atomic mass is 19.1. The molecule has 0 bridgehead atoms. The van der Waals surface area contributed by atoms with Gasteiger partial charge in [-0.2, -0.15) is 0 Å². The molecule has 0 radical (unpaired) electrons. The van der Waals surface area contributed by atoms with Crippen molar-refractivity contribution in [2.75, 3.05) is 32.0 Å². The van der Waals surface area contributed by atoms with Gasteiger partial charge in [0, 0.05) is 25.8 Å². The fraction of sp³-hybridized carbons (Fsp3) is 0.429. The number of aliphatic imine (C=N–C) groups is 1. The molecule has 20 heavy (non-hydrogen) atoms. The minimum absolute atomic E-state index is 0.111. The highest BCUT2D eigenvalue weighted by molar-refractivity contribution is 5.95. The van der Waals surface area contributed by atoms with Crippen LogP contribution in [0.1, 0.15) is 12.8 Å². The zero-order chi connectivity index (χ0) is 14.4. The average molecular weight is 278 g/mol. The van der Waals surface area contributed by atoms with Gasteiger partial charge in [0.1, 0.15) is 5.82 Å². The Bertz CT molecular complexity index is 498. The normalized spacial score (nSPS) is 15.3. The molecule has 1 saturated heterocycles. The van der Waals surface area contributed by atoms with Crippen LogP contribution in [0.4, 0.5) is 10.1 Å². The van der Waals surface area contributed by atoms with Gasteiger partial charge in [0.15, 0.2) is 5.96 Å². The largest absolute Gasteiger partial charge is 0.347 e. The highest BCUT2D eigenvalue weighted by Crippen LogP contribution is 2.09. The number of rotatable bonds is 3. The van der Waals surface area contributed by atoms with Crippen LogP contribution in [0.2, 0.25) is 0 Å². The lowest BCUT2D eigenvalue weighted by molar-refractivity contribution is -0.115. The molecule has 6 heteroatoms. The van der Waals surface area contributed by atoms with Gasteiger partial charge < -0.3 is 15.5 Å². The Kier molecular flexibility index (Phi) is 4.92. The maximum atomic E-state index is 13.0. The summed E-state index contributed by atoms with van der Waals surface area (Å²) >= 11 is 0. The van der Waals surface area contributed by atoms with Crippen LogP contribution >= 0.6 is 0 Å². The second kappa shape index (κ2) is 6.88. The number of nitrogens with zero attached hydrogens (tertiary/aromatic N) is 2. The molecule has 0 saturated carbocycles. The first-order valence-corrected chi connectivity index (χ1v) is 6.70. The molecule has 0 spiro atoms. The highest BCUT2D eigenvalue weighted by Gasteiger charge is 2.16. The molecule has 2 N–H and O–H groups in total. The molecule has 1 aromatic carbocycles. The zero-order valence-corrected chi connectivity index (χ0v) is 11.5. The third-order valence-electron chi connectivity index (χ3n) is 3.13. The number of hydrogen-bond acceptors (Lipinski definition) is 2. The van der Waals surface area contributed by atoms with Crippen LogP contribution in [-0.4, -0.2) is 43.4 Å². The summed E-state index contributed by atoms with van der Waals surface area (Å²) in [5.41, 5.74) is 0.452. The van der Waals surface area contributed by atoms with E-state index in [2.05, 4.69) is 20.5 Å². The number of carbonyl (C=O) groups is 1. The Labute approximate surface area is 117 Å². The molecule has 1 amide bonds. The molecule has 5 nitrogen and oxygen atoms in total. The van der Waals surface area contributed by atoms with Crippen LogP contribution in [-0.2, 0) is 4.79 Å². The van der Waals surface area contributed by atoms with Gasteiger partial charge in [-0.05, 0) is 31.0 Å². The molecular formula is C14H19FN4O. The molecule has 2 rings (SSSR count). The van der Waals surface area contributed by atoms with E-state index in [1.807, 2.05) is 0 Å². The van der Waals surface area contributed by atoms with Crippen molar-refractivity contribution < 1.29 is 9.18 Å². The summed E-state index contributed by atoms with van der Waals surface area (Å²) in [6.07, 6.45) is 2.30. The Morgan fingerprint density at radius 2 is 2.15 bits per heavy atom. The molecule has 1 aromatic rings. The van der Waals surface area contributed by atoms with E-state index >= 15 is 0 Å². The van der Waals surface area contributed by atoms with Crippen molar-refractivity contribution in [2.45, 2.75) is 12.8 Å². The predicted octanol–water partition coefficient (Wildman–Crippen LogP) is 1.44. The van der Waals surface area contributed by atoms with E-state index < -0.39 is 0 Å². The second-order valence-corrected chi connectivity index (χ2v) is 4.65. The van der Waals surface area contributed by atoms with Crippen LogP contribution in [0, 0.1) is 5.82 Å². The summed E-state index contributed by atoms with van der Waals surface area (Å²) in [5.74, 6) is 0.136. The monoisotopic (exact) mass is 278 g/mol. The lowest BCUT2D eigenvalue weighted by Gasteiger charge is -2.20. The Hall–Kier alpha value is -2.11. The molecule has 0 aromatic heterocycles. The SMILES string of the molecule is CN=C(NCC(=O)Nc1cccc(F)c1)N1CCCC1. The van der Waals surface area contributed by atoms with Gasteiger partial charge in [0.05, 0.1) is 6.54 Å². The Balaban J connectivity index is 1.82. The van der Waals surface area contributed by atoms with Crippen molar-refractivity contribution in [1.29, 1.82) is 0 Å². The lowest BCUT2D eigenvalue weighted by Crippen LogP contribution is -2.42. The van der Waals surface area contributed by atoms with E-state index in [0.29, 0.717) is 5.69 Å². The van der Waals surface area contributed by atoms with Crippen LogP contribution in [0.25, 0.3) is 0 Å². The fourth-order valence-electron chi connectivity index (χ4n) is 2.19. The Morgan fingerprint density at radius 1 is 1.40 bits per heavy atom. The molecule has 108 valence electrons. The summed E-state index contributed by atoms with van der Waals surface area (Å²) in [6.45, 7) is 2.04. The topological polar surface area (TPSA) is 56.7 Å². The smallest absolute Gasteiger partial charge is 0.243 e. The number of benzene rings is 1. The Morgan fingerprint density at radius 3 is 2.80 bits per heavy atom. The number of carbonyl (C=O) groups excluding carboxylic acids is 1. The molecule has 1 heterocycles. The van der Waals surface area contributed by atoms with Gasteiger partial charge >= 0.3 is 0 Å². The number of nitrogens with one attached hydrogen (secondary N) is 2. The van der Waals surface area contributed by atoms with Crippen molar-refractivity contribution >= 4 is 17.6 Å². The summed E-state index contributed by atoms with van der Waals surface area (Å²) in [7, 11) is 1.70. The van der Waals surface area contributed by atoms with E-state index in [1.54, 1.807) is 19.2 Å². The lowest BCUT2D eigenvalue weighted by atomic mass is 10.3. The quantitative estimate of drug-likeness (QED) is 0.649. The van der Waals surface area contributed by atoms with Crippen molar-refractivity contribution in [1.82, 2.24) is 10.2 Å². The van der Waals surface area contributed by atoms with Gasteiger partial charge in [-0.25, -0.2) is 4.39 Å². The van der Waals surface area contributed by atoms with Gasteiger partial charge in [-0.1, -0.05) is 6.07 Å². The van der Waals surface area contributed by atoms with E-state index in [1.165, 1.54) is 12.1 Å². The summed E-state index contributed by atoms with van der Waals surface area (Å²) < 4.78 is 13.0. The van der Waals surface area contributed by atoms with Crippen molar-refractivity contribution in [3.8, 4) is 0 Å². The maximum Gasteiger partial charge on any atom is 0.243 e. The van der Waals surface area contributed by atoms with Crippen LogP contribution in [0.3, 0.4) is 0 Å². The van der Waals surface area contributed by atoms with Crippen LogP contribution in [0.5, 0.6) is 0 Å². The number of guanidine groups is 1. The number of halogens is 1. The summed E-state index contributed by atoms with van der Waals surface area (Å²) in [6, 6.07) is 5.83. The standard InChI is InChI=1S/C14H19FN4O/c1-16-14(19-7-2-3-8-19)17-10-13(20)18-12-6-4-5-11(15)9-12/h4-6,9H,2-3,7-8,10H2,1H3,(H,16,17)(H,18,20). The van der Waals surface area contributed by atoms with Crippen molar-refractivity contribution in [3.05, 3.63) is 30.1 Å². The number of likely N-dealkylation sites (tertiary alicyclic amines) is 1. The first-order valence-electron chi connectivity index (χ1n) is 6.70. The van der Waals surface area contributed by atoms with Gasteiger partial charge in [-0.15, -0.1) is 0 Å². The molecule has 0 atom stereocenters. The van der Waals surface area contributed by atoms with Gasteiger partial charge in [-0.3, -0.25) is 9.79 Å². The van der Waals surface area contributed by atoms with Gasteiger partial charge in [0.25, 0.3) is 0 Å². The predicted molar refractivity (Wildman–Crippen MR) is 77.2 cm³/mol. The molecule has 1 aliphatic heterocycles. The molecule has 0 unspecified atom stereocenters. The maximum absolute atomic E-state index is 13.0. The van der Waals surface area contributed by atoms with Crippen molar-refractivity contribution in [2.24, 2.45) is 4.99 Å².